The molecule has 1 amide bonds. The number of ether oxygens (including phenoxy) is 3. The van der Waals surface area contributed by atoms with Crippen LogP contribution in [0.2, 0.25) is 0 Å². The number of methoxy groups -OCH3 is 1. The largest absolute Gasteiger partial charge is 0.493 e. The lowest BCUT2D eigenvalue weighted by Crippen LogP contribution is -2.29. The topological polar surface area (TPSA) is 108 Å². The average Bonchev–Trinajstić information content (AvgIpc) is 3.45. The first kappa shape index (κ1) is 26.6. The SMILES string of the molecule is C=CCOC(=O)c1sc(N2C(=O)c3oc4ccc(Br)cc4c(=O)c3C2c2ccc(OCC)c(OC)c2)nc1C. The van der Waals surface area contributed by atoms with Crippen molar-refractivity contribution in [2.75, 3.05) is 25.2 Å². The maximum absolute atomic E-state index is 13.9. The highest BCUT2D eigenvalue weighted by atomic mass is 79.9. The quantitative estimate of drug-likeness (QED) is 0.181. The van der Waals surface area contributed by atoms with Crippen LogP contribution in [-0.4, -0.2) is 37.2 Å². The molecule has 0 N–H and O–H groups in total. The lowest BCUT2D eigenvalue weighted by atomic mass is 9.98. The van der Waals surface area contributed by atoms with E-state index in [1.807, 2.05) is 6.92 Å². The van der Waals surface area contributed by atoms with Gasteiger partial charge in [0.25, 0.3) is 5.91 Å². The van der Waals surface area contributed by atoms with Gasteiger partial charge in [-0.25, -0.2) is 9.78 Å². The molecule has 3 heterocycles. The van der Waals surface area contributed by atoms with Crippen LogP contribution in [0.25, 0.3) is 11.0 Å². The normalized spacial score (nSPS) is 14.4. The second kappa shape index (κ2) is 10.7. The van der Waals surface area contributed by atoms with E-state index in [0.717, 1.165) is 11.3 Å². The standard InChI is InChI=1S/C28H23BrN2O7S/c1-5-11-37-27(34)25-14(3)30-28(39-25)31-22(15-7-9-19(36-6-2)20(12-15)35-4)21-23(32)17-13-16(29)8-10-18(17)38-24(21)26(31)33/h5,7-10,12-13,22H,1,6,11H2,2-4H3. The van der Waals surface area contributed by atoms with Crippen LogP contribution in [-0.2, 0) is 4.74 Å². The molecule has 0 bridgehead atoms. The molecule has 0 spiro atoms. The summed E-state index contributed by atoms with van der Waals surface area (Å²) in [7, 11) is 1.51. The van der Waals surface area contributed by atoms with Gasteiger partial charge in [-0.3, -0.25) is 14.5 Å². The number of esters is 1. The van der Waals surface area contributed by atoms with Crippen molar-refractivity contribution in [2.45, 2.75) is 19.9 Å². The Labute approximate surface area is 235 Å². The zero-order valence-corrected chi connectivity index (χ0v) is 23.7. The van der Waals surface area contributed by atoms with Crippen molar-refractivity contribution in [2.24, 2.45) is 0 Å². The number of benzene rings is 2. The molecule has 2 aromatic heterocycles. The van der Waals surface area contributed by atoms with Gasteiger partial charge < -0.3 is 18.6 Å². The van der Waals surface area contributed by atoms with E-state index in [1.54, 1.807) is 43.3 Å². The maximum atomic E-state index is 13.9. The third kappa shape index (κ3) is 4.61. The van der Waals surface area contributed by atoms with Crippen LogP contribution in [0.15, 0.2) is 62.7 Å². The van der Waals surface area contributed by atoms with Crippen molar-refractivity contribution in [3.8, 4) is 11.5 Å². The summed E-state index contributed by atoms with van der Waals surface area (Å²) >= 11 is 4.40. The number of carbonyl (C=O) groups excluding carboxylic acids is 2. The van der Waals surface area contributed by atoms with Gasteiger partial charge in [0.05, 0.1) is 36.4 Å². The number of aryl methyl sites for hydroxylation is 1. The van der Waals surface area contributed by atoms with E-state index in [-0.39, 0.29) is 39.0 Å². The molecule has 5 rings (SSSR count). The number of amides is 1. The van der Waals surface area contributed by atoms with Gasteiger partial charge in [0.1, 0.15) is 17.1 Å². The first-order valence-electron chi connectivity index (χ1n) is 11.9. The number of anilines is 1. The molecule has 0 radical (unpaired) electrons. The van der Waals surface area contributed by atoms with E-state index in [1.165, 1.54) is 18.1 Å². The van der Waals surface area contributed by atoms with Gasteiger partial charge in [-0.2, -0.15) is 0 Å². The number of hydrogen-bond acceptors (Lipinski definition) is 9. The Hall–Kier alpha value is -3.96. The highest BCUT2D eigenvalue weighted by Gasteiger charge is 2.45. The number of halogens is 1. The van der Waals surface area contributed by atoms with Crippen molar-refractivity contribution in [1.82, 2.24) is 4.98 Å². The number of nitrogens with zero attached hydrogens (tertiary/aromatic N) is 2. The summed E-state index contributed by atoms with van der Waals surface area (Å²) < 4.78 is 23.1. The molecule has 0 saturated carbocycles. The Bertz CT molecular complexity index is 1690. The monoisotopic (exact) mass is 610 g/mol. The summed E-state index contributed by atoms with van der Waals surface area (Å²) in [4.78, 5) is 46.5. The van der Waals surface area contributed by atoms with E-state index in [2.05, 4.69) is 27.5 Å². The molecule has 1 unspecified atom stereocenters. The third-order valence-corrected chi connectivity index (χ3v) is 7.77. The average molecular weight is 611 g/mol. The van der Waals surface area contributed by atoms with Crippen molar-refractivity contribution < 1.29 is 28.2 Å². The van der Waals surface area contributed by atoms with Crippen molar-refractivity contribution in [3.05, 3.63) is 91.2 Å². The predicted octanol–water partition coefficient (Wildman–Crippen LogP) is 5.82. The number of aromatic nitrogens is 1. The highest BCUT2D eigenvalue weighted by Crippen LogP contribution is 2.45. The summed E-state index contributed by atoms with van der Waals surface area (Å²) in [6.45, 7) is 7.54. The van der Waals surface area contributed by atoms with Crippen LogP contribution in [0.5, 0.6) is 11.5 Å². The highest BCUT2D eigenvalue weighted by molar-refractivity contribution is 9.10. The molecule has 200 valence electrons. The Morgan fingerprint density at radius 2 is 2.03 bits per heavy atom. The Balaban J connectivity index is 1.73. The van der Waals surface area contributed by atoms with Crippen LogP contribution in [0, 0.1) is 6.92 Å². The summed E-state index contributed by atoms with van der Waals surface area (Å²) in [6, 6.07) is 9.32. The van der Waals surface area contributed by atoms with Crippen LogP contribution in [0.3, 0.4) is 0 Å². The minimum atomic E-state index is -0.903. The molecule has 1 aliphatic rings. The number of thiazole rings is 1. The fourth-order valence-electron chi connectivity index (χ4n) is 4.46. The van der Waals surface area contributed by atoms with Crippen molar-refractivity contribution in [3.63, 3.8) is 0 Å². The number of fused-ring (bicyclic) bond motifs is 2. The van der Waals surface area contributed by atoms with Gasteiger partial charge in [0.2, 0.25) is 5.76 Å². The molecule has 9 nitrogen and oxygen atoms in total. The second-order valence-electron chi connectivity index (χ2n) is 8.53. The predicted molar refractivity (Wildman–Crippen MR) is 150 cm³/mol. The molecular weight excluding hydrogens is 588 g/mol. The number of hydrogen-bond donors (Lipinski definition) is 0. The molecule has 4 aromatic rings. The van der Waals surface area contributed by atoms with E-state index in [4.69, 9.17) is 18.6 Å². The smallest absolute Gasteiger partial charge is 0.350 e. The molecule has 39 heavy (non-hydrogen) atoms. The lowest BCUT2D eigenvalue weighted by molar-refractivity contribution is 0.0554. The Kier molecular flexibility index (Phi) is 7.28. The van der Waals surface area contributed by atoms with Crippen LogP contribution < -0.4 is 19.8 Å². The van der Waals surface area contributed by atoms with Crippen LogP contribution >= 0.6 is 27.3 Å². The molecule has 2 aromatic carbocycles. The van der Waals surface area contributed by atoms with E-state index in [9.17, 15) is 14.4 Å². The van der Waals surface area contributed by atoms with Gasteiger partial charge in [0, 0.05) is 4.47 Å². The van der Waals surface area contributed by atoms with E-state index < -0.39 is 17.9 Å². The second-order valence-corrected chi connectivity index (χ2v) is 10.4. The maximum Gasteiger partial charge on any atom is 0.350 e. The van der Waals surface area contributed by atoms with Crippen LogP contribution in [0.1, 0.15) is 50.0 Å². The van der Waals surface area contributed by atoms with Gasteiger partial charge in [-0.1, -0.05) is 46.0 Å². The first-order valence-corrected chi connectivity index (χ1v) is 13.6. The van der Waals surface area contributed by atoms with Gasteiger partial charge >= 0.3 is 5.97 Å². The van der Waals surface area contributed by atoms with Gasteiger partial charge in [-0.15, -0.1) is 0 Å². The minimum Gasteiger partial charge on any atom is -0.493 e. The van der Waals surface area contributed by atoms with Gasteiger partial charge in [-0.05, 0) is 49.7 Å². The molecule has 11 heteroatoms. The lowest BCUT2D eigenvalue weighted by Gasteiger charge is -2.23. The van der Waals surface area contributed by atoms with Crippen molar-refractivity contribution in [1.29, 1.82) is 0 Å². The molecular formula is C28H23BrN2O7S. The number of rotatable bonds is 8. The van der Waals surface area contributed by atoms with Crippen molar-refractivity contribution >= 4 is 55.2 Å². The third-order valence-electron chi connectivity index (χ3n) is 6.14. The zero-order chi connectivity index (χ0) is 27.8. The number of carbonyl (C=O) groups is 2. The van der Waals surface area contributed by atoms with E-state index in [0.29, 0.717) is 39.2 Å². The molecule has 0 saturated heterocycles. The fraction of sp³-hybridized carbons (Fsp3) is 0.214. The Morgan fingerprint density at radius 1 is 1.23 bits per heavy atom. The summed E-state index contributed by atoms with van der Waals surface area (Å²) in [5.41, 5.74) is 1.07. The van der Waals surface area contributed by atoms with E-state index >= 15 is 0 Å². The fourth-order valence-corrected chi connectivity index (χ4v) is 5.81. The molecule has 0 aliphatic carbocycles. The minimum absolute atomic E-state index is 0.0365. The molecule has 0 fully saturated rings. The summed E-state index contributed by atoms with van der Waals surface area (Å²) in [6.07, 6.45) is 1.46. The summed E-state index contributed by atoms with van der Waals surface area (Å²) in [5.74, 6) is -0.260. The molecule has 1 atom stereocenters. The zero-order valence-electron chi connectivity index (χ0n) is 21.3. The van der Waals surface area contributed by atoms with Crippen LogP contribution in [0.4, 0.5) is 5.13 Å². The molecule has 1 aliphatic heterocycles. The first-order chi connectivity index (χ1) is 18.8. The van der Waals surface area contributed by atoms with Gasteiger partial charge in [0.15, 0.2) is 22.1 Å². The summed E-state index contributed by atoms with van der Waals surface area (Å²) in [5, 5.41) is 0.543. The Morgan fingerprint density at radius 3 is 2.74 bits per heavy atom.